The first kappa shape index (κ1) is 33.0. The van der Waals surface area contributed by atoms with Crippen molar-refractivity contribution in [1.82, 2.24) is 9.13 Å². The molecule has 0 saturated carbocycles. The Kier molecular flexibility index (Phi) is 8.26. The average molecular weight is 618 g/mol. The third-order valence-electron chi connectivity index (χ3n) is 9.27. The zero-order chi connectivity index (χ0) is 31.0. The molecule has 1 saturated heterocycles. The van der Waals surface area contributed by atoms with Gasteiger partial charge in [0.05, 0.1) is 17.2 Å². The molecule has 0 bridgehead atoms. The molecule has 1 aromatic rings. The molecule has 2 N–H and O–H groups in total. The molecule has 3 rings (SSSR count). The third-order valence-corrected chi connectivity index (χ3v) is 19.7. The summed E-state index contributed by atoms with van der Waals surface area (Å²) in [7, 11) is -7.83. The number of rotatable bonds is 6. The molecule has 2 unspecified atom stereocenters. The van der Waals surface area contributed by atoms with Gasteiger partial charge in [-0.2, -0.15) is 8.42 Å². The highest BCUT2D eigenvalue weighted by Crippen LogP contribution is 2.53. The lowest BCUT2D eigenvalue weighted by Gasteiger charge is -2.43. The van der Waals surface area contributed by atoms with Gasteiger partial charge in [-0.3, -0.25) is 13.9 Å². The molecule has 40 heavy (non-hydrogen) atoms. The molecule has 1 fully saturated rings. The number of aromatic nitrogens is 2. The zero-order valence-corrected chi connectivity index (χ0v) is 29.0. The molecule has 1 aromatic heterocycles. The SMILES string of the molecule is CC1=C(N)C2(OS1(=O)=O)C(CO[Si](C)(C)C(C)(C)C)O[C@@H](n1cc(C)c(=O)n(C)c1=O)[C@@H]2O[Si](C)(C)C(C)(C)C. The van der Waals surface area contributed by atoms with Crippen LogP contribution in [0.2, 0.25) is 36.3 Å². The second-order valence-corrected chi connectivity index (χ2v) is 25.3. The molecule has 2 aliphatic rings. The summed E-state index contributed by atoms with van der Waals surface area (Å²) in [5.74, 6) is 0. The molecular weight excluding hydrogens is 571 g/mol. The van der Waals surface area contributed by atoms with E-state index in [1.807, 2.05) is 33.9 Å². The first-order chi connectivity index (χ1) is 17.8. The summed E-state index contributed by atoms with van der Waals surface area (Å²) >= 11 is 0. The Morgan fingerprint density at radius 2 is 1.55 bits per heavy atom. The summed E-state index contributed by atoms with van der Waals surface area (Å²) in [5, 5.41) is -0.426. The Morgan fingerprint density at radius 1 is 1.02 bits per heavy atom. The maximum atomic E-state index is 13.4. The zero-order valence-electron chi connectivity index (χ0n) is 26.2. The topological polar surface area (TPSA) is 141 Å². The lowest BCUT2D eigenvalue weighted by molar-refractivity contribution is -0.0566. The van der Waals surface area contributed by atoms with Crippen LogP contribution in [-0.4, -0.2) is 58.6 Å². The number of nitrogens with zero attached hydrogens (tertiary/aromatic N) is 2. The second kappa shape index (κ2) is 10.0. The highest BCUT2D eigenvalue weighted by atomic mass is 32.2. The monoisotopic (exact) mass is 617 g/mol. The van der Waals surface area contributed by atoms with Gasteiger partial charge in [0.1, 0.15) is 12.2 Å². The van der Waals surface area contributed by atoms with Crippen LogP contribution in [0, 0.1) is 6.92 Å². The number of allylic oxidation sites excluding steroid dienone is 1. The van der Waals surface area contributed by atoms with E-state index in [2.05, 4.69) is 33.9 Å². The van der Waals surface area contributed by atoms with Gasteiger partial charge >= 0.3 is 5.69 Å². The van der Waals surface area contributed by atoms with Gasteiger partial charge in [-0.25, -0.2) is 8.98 Å². The van der Waals surface area contributed by atoms with E-state index in [1.54, 1.807) is 6.92 Å². The predicted octanol–water partition coefficient (Wildman–Crippen LogP) is 3.45. The standard InChI is InChI=1S/C26H47N3O8SSi2/c1-16-14-29(23(31)28(9)21(16)30)22-20(36-40(12,13)25(6,7)8)26(19(27)17(2)38(32,33)37-26)18(35-22)15-34-39(10,11)24(3,4)5/h14,18,20,22H,15,27H2,1-13H3/t18?,20-,22+,26?/m0/s1. The minimum absolute atomic E-state index is 0.0304. The number of aryl methyl sites for hydroxylation is 1. The Balaban J connectivity index is 2.32. The van der Waals surface area contributed by atoms with Gasteiger partial charge < -0.3 is 19.3 Å². The van der Waals surface area contributed by atoms with Crippen LogP contribution in [-0.2, 0) is 34.9 Å². The van der Waals surface area contributed by atoms with Crippen molar-refractivity contribution in [2.75, 3.05) is 6.61 Å². The highest BCUT2D eigenvalue weighted by Gasteiger charge is 2.68. The maximum absolute atomic E-state index is 13.4. The molecule has 14 heteroatoms. The summed E-state index contributed by atoms with van der Waals surface area (Å²) in [6, 6.07) is 0. The fourth-order valence-corrected chi connectivity index (χ4v) is 7.89. The van der Waals surface area contributed by atoms with E-state index in [0.29, 0.717) is 5.56 Å². The third kappa shape index (κ3) is 5.24. The van der Waals surface area contributed by atoms with Gasteiger partial charge in [-0.05, 0) is 50.1 Å². The summed E-state index contributed by atoms with van der Waals surface area (Å²) in [5.41, 5.74) is 4.06. The van der Waals surface area contributed by atoms with Crippen LogP contribution in [0.25, 0.3) is 0 Å². The van der Waals surface area contributed by atoms with Gasteiger partial charge in [-0.1, -0.05) is 41.5 Å². The average Bonchev–Trinajstić information content (AvgIpc) is 3.17. The van der Waals surface area contributed by atoms with Crippen LogP contribution >= 0.6 is 0 Å². The highest BCUT2D eigenvalue weighted by molar-refractivity contribution is 7.91. The Morgan fingerprint density at radius 3 is 2.00 bits per heavy atom. The van der Waals surface area contributed by atoms with Crippen molar-refractivity contribution in [2.45, 2.75) is 116 Å². The molecule has 2 aliphatic heterocycles. The van der Waals surface area contributed by atoms with Gasteiger partial charge in [0.25, 0.3) is 15.7 Å². The van der Waals surface area contributed by atoms with Crippen molar-refractivity contribution in [3.05, 3.63) is 43.2 Å². The molecule has 0 radical (unpaired) electrons. The van der Waals surface area contributed by atoms with E-state index < -0.39 is 62.0 Å². The molecule has 0 amide bonds. The lowest BCUT2D eigenvalue weighted by atomic mass is 9.88. The minimum Gasteiger partial charge on any atom is -0.414 e. The molecule has 4 atom stereocenters. The van der Waals surface area contributed by atoms with Crippen molar-refractivity contribution < 1.29 is 26.2 Å². The van der Waals surface area contributed by atoms with Gasteiger partial charge in [0.2, 0.25) is 0 Å². The Hall–Kier alpha value is -1.56. The molecule has 0 aliphatic carbocycles. The first-order valence-corrected chi connectivity index (χ1v) is 20.7. The quantitative estimate of drug-likeness (QED) is 0.375. The van der Waals surface area contributed by atoms with Crippen molar-refractivity contribution in [2.24, 2.45) is 12.8 Å². The minimum atomic E-state index is -4.22. The molecule has 1 spiro atoms. The molecule has 3 heterocycles. The molecular formula is C26H47N3O8SSi2. The molecule has 228 valence electrons. The van der Waals surface area contributed by atoms with E-state index in [-0.39, 0.29) is 27.3 Å². The van der Waals surface area contributed by atoms with Gasteiger partial charge in [-0.15, -0.1) is 0 Å². The first-order valence-electron chi connectivity index (χ1n) is 13.5. The number of hydrogen-bond acceptors (Lipinski definition) is 9. The van der Waals surface area contributed by atoms with Gasteiger partial charge in [0.15, 0.2) is 28.5 Å². The Labute approximate surface area is 240 Å². The van der Waals surface area contributed by atoms with Crippen LogP contribution < -0.4 is 17.0 Å². The van der Waals surface area contributed by atoms with Gasteiger partial charge in [0, 0.05) is 18.8 Å². The number of ether oxygens (including phenoxy) is 1. The van der Waals surface area contributed by atoms with E-state index in [0.717, 1.165) is 4.57 Å². The molecule has 0 aromatic carbocycles. The van der Waals surface area contributed by atoms with E-state index in [9.17, 15) is 18.0 Å². The fraction of sp³-hybridized carbons (Fsp3) is 0.769. The smallest absolute Gasteiger partial charge is 0.332 e. The van der Waals surface area contributed by atoms with E-state index in [4.69, 9.17) is 23.5 Å². The van der Waals surface area contributed by atoms with Crippen LogP contribution in [0.4, 0.5) is 0 Å². The van der Waals surface area contributed by atoms with Crippen molar-refractivity contribution in [3.8, 4) is 0 Å². The van der Waals surface area contributed by atoms with Crippen molar-refractivity contribution >= 4 is 26.8 Å². The van der Waals surface area contributed by atoms with Crippen LogP contribution in [0.15, 0.2) is 26.4 Å². The van der Waals surface area contributed by atoms with Crippen molar-refractivity contribution in [1.29, 1.82) is 0 Å². The van der Waals surface area contributed by atoms with Crippen LogP contribution in [0.1, 0.15) is 60.3 Å². The normalized spacial score (nSPS) is 27.7. The van der Waals surface area contributed by atoms with Crippen molar-refractivity contribution in [3.63, 3.8) is 0 Å². The second-order valence-electron chi connectivity index (χ2n) is 14.1. The summed E-state index contributed by atoms with van der Waals surface area (Å²) in [6.07, 6.45) is -1.90. The fourth-order valence-electron chi connectivity index (χ4n) is 4.40. The summed E-state index contributed by atoms with van der Waals surface area (Å²) < 4.78 is 54.6. The number of hydrogen-bond donors (Lipinski definition) is 1. The summed E-state index contributed by atoms with van der Waals surface area (Å²) in [4.78, 5) is 25.9. The lowest BCUT2D eigenvalue weighted by Crippen LogP contribution is -2.59. The summed E-state index contributed by atoms with van der Waals surface area (Å²) in [6.45, 7) is 23.6. The Bertz CT molecular complexity index is 1430. The van der Waals surface area contributed by atoms with Crippen LogP contribution in [0.3, 0.4) is 0 Å². The maximum Gasteiger partial charge on any atom is 0.332 e. The molecule has 11 nitrogen and oxygen atoms in total. The van der Waals surface area contributed by atoms with E-state index in [1.165, 1.54) is 24.7 Å². The largest absolute Gasteiger partial charge is 0.414 e. The number of nitrogens with two attached hydrogens (primary N) is 1. The van der Waals surface area contributed by atoms with E-state index >= 15 is 0 Å². The van der Waals surface area contributed by atoms with Crippen LogP contribution in [0.5, 0.6) is 0 Å². The predicted molar refractivity (Wildman–Crippen MR) is 159 cm³/mol.